The summed E-state index contributed by atoms with van der Waals surface area (Å²) in [5, 5.41) is 7.60. The van der Waals surface area contributed by atoms with Gasteiger partial charge in [-0.15, -0.1) is 0 Å². The number of aromatic nitrogens is 3. The van der Waals surface area contributed by atoms with Crippen LogP contribution in [0.5, 0.6) is 0 Å². The maximum Gasteiger partial charge on any atom is 0.0649 e. The molecule has 0 saturated carbocycles. The lowest BCUT2D eigenvalue weighted by molar-refractivity contribution is 0.743. The van der Waals surface area contributed by atoms with Crippen molar-refractivity contribution in [3.63, 3.8) is 0 Å². The summed E-state index contributed by atoms with van der Waals surface area (Å²) in [5.41, 5.74) is 17.0. The first-order chi connectivity index (χ1) is 31.8. The Hall–Kier alpha value is -8.34. The van der Waals surface area contributed by atoms with Crippen LogP contribution in [-0.2, 0) is 0 Å². The maximum absolute atomic E-state index is 2.54. The minimum Gasteiger partial charge on any atom is -0.333 e. The molecule has 12 aromatic rings. The van der Waals surface area contributed by atoms with Crippen molar-refractivity contribution in [2.75, 3.05) is 4.90 Å². The molecular formula is C60H40N4. The van der Waals surface area contributed by atoms with E-state index in [0.29, 0.717) is 0 Å². The van der Waals surface area contributed by atoms with E-state index in [1.165, 1.54) is 99.2 Å². The van der Waals surface area contributed by atoms with Crippen molar-refractivity contribution in [3.05, 3.63) is 236 Å². The minimum atomic E-state index is 0.143. The summed E-state index contributed by atoms with van der Waals surface area (Å²) in [6, 6.07) is 78.1. The number of nitrogens with zero attached hydrogens (tertiary/aromatic N) is 4. The van der Waals surface area contributed by atoms with E-state index in [0.717, 1.165) is 11.4 Å². The Kier molecular flexibility index (Phi) is 7.48. The molecule has 9 aromatic carbocycles. The summed E-state index contributed by atoms with van der Waals surface area (Å²) in [7, 11) is 0. The van der Waals surface area contributed by atoms with Crippen molar-refractivity contribution in [1.29, 1.82) is 0 Å². The summed E-state index contributed by atoms with van der Waals surface area (Å²) < 4.78 is 7.27. The molecule has 14 rings (SSSR count). The first kappa shape index (κ1) is 35.3. The monoisotopic (exact) mass is 816 g/mol. The van der Waals surface area contributed by atoms with Crippen LogP contribution < -0.4 is 4.90 Å². The topological polar surface area (TPSA) is 18.0 Å². The number of allylic oxidation sites excluding steroid dienone is 2. The molecular weight excluding hydrogens is 777 g/mol. The van der Waals surface area contributed by atoms with Gasteiger partial charge in [-0.25, -0.2) is 0 Å². The maximum atomic E-state index is 2.54. The van der Waals surface area contributed by atoms with E-state index < -0.39 is 0 Å². The summed E-state index contributed by atoms with van der Waals surface area (Å²) >= 11 is 0. The Morgan fingerprint density at radius 3 is 1.30 bits per heavy atom. The number of para-hydroxylation sites is 6. The van der Waals surface area contributed by atoms with Crippen LogP contribution in [-0.4, -0.2) is 19.7 Å². The van der Waals surface area contributed by atoms with Gasteiger partial charge in [0.1, 0.15) is 0 Å². The number of benzene rings is 9. The fourth-order valence-electron chi connectivity index (χ4n) is 11.2. The fraction of sp³-hybridized carbons (Fsp3) is 0.0333. The van der Waals surface area contributed by atoms with Crippen LogP contribution in [0.3, 0.4) is 0 Å². The van der Waals surface area contributed by atoms with E-state index in [-0.39, 0.29) is 12.0 Å². The third-order valence-electron chi connectivity index (χ3n) is 14.0. The average Bonchev–Trinajstić information content (AvgIpc) is 4.09. The van der Waals surface area contributed by atoms with Crippen molar-refractivity contribution in [1.82, 2.24) is 13.7 Å². The highest BCUT2D eigenvalue weighted by Gasteiger charge is 2.38. The predicted molar refractivity (Wildman–Crippen MR) is 269 cm³/mol. The molecule has 64 heavy (non-hydrogen) atoms. The molecule has 2 unspecified atom stereocenters. The Labute approximate surface area is 370 Å². The van der Waals surface area contributed by atoms with Crippen molar-refractivity contribution in [3.8, 4) is 22.5 Å². The molecule has 0 N–H and O–H groups in total. The number of anilines is 2. The first-order valence-corrected chi connectivity index (χ1v) is 22.3. The zero-order chi connectivity index (χ0) is 41.9. The van der Waals surface area contributed by atoms with Crippen LogP contribution in [0.15, 0.2) is 231 Å². The fourth-order valence-corrected chi connectivity index (χ4v) is 11.2. The van der Waals surface area contributed by atoms with Gasteiger partial charge in [-0.1, -0.05) is 146 Å². The summed E-state index contributed by atoms with van der Waals surface area (Å²) in [5.74, 6) is 0.263. The average molecular weight is 817 g/mol. The van der Waals surface area contributed by atoms with Gasteiger partial charge in [0.15, 0.2) is 0 Å². The molecule has 1 aliphatic heterocycles. The van der Waals surface area contributed by atoms with Crippen LogP contribution in [0.2, 0.25) is 0 Å². The van der Waals surface area contributed by atoms with E-state index >= 15 is 0 Å². The van der Waals surface area contributed by atoms with Gasteiger partial charge < -0.3 is 18.6 Å². The Morgan fingerprint density at radius 1 is 0.328 bits per heavy atom. The highest BCUT2D eigenvalue weighted by atomic mass is 15.2. The van der Waals surface area contributed by atoms with Crippen molar-refractivity contribution < 1.29 is 0 Å². The molecule has 2 aliphatic rings. The van der Waals surface area contributed by atoms with Crippen LogP contribution in [0.4, 0.5) is 11.4 Å². The summed E-state index contributed by atoms with van der Waals surface area (Å²) in [6.07, 6.45) is 7.23. The van der Waals surface area contributed by atoms with Gasteiger partial charge >= 0.3 is 0 Å². The molecule has 0 radical (unpaired) electrons. The number of hydrogen-bond acceptors (Lipinski definition) is 1. The Balaban J connectivity index is 0.830. The largest absolute Gasteiger partial charge is 0.333 e. The second kappa shape index (κ2) is 13.6. The summed E-state index contributed by atoms with van der Waals surface area (Å²) in [4.78, 5) is 2.54. The second-order valence-corrected chi connectivity index (χ2v) is 17.3. The van der Waals surface area contributed by atoms with Gasteiger partial charge in [-0.2, -0.15) is 0 Å². The highest BCUT2D eigenvalue weighted by molar-refractivity contribution is 6.13. The van der Waals surface area contributed by atoms with Crippen molar-refractivity contribution in [2.45, 2.75) is 12.0 Å². The zero-order valence-electron chi connectivity index (χ0n) is 34.9. The lowest BCUT2D eigenvalue weighted by Gasteiger charge is -2.30. The third-order valence-corrected chi connectivity index (χ3v) is 14.0. The normalized spacial score (nSPS) is 15.8. The lowest BCUT2D eigenvalue weighted by Crippen LogP contribution is -2.29. The van der Waals surface area contributed by atoms with Gasteiger partial charge in [-0.05, 0) is 102 Å². The number of fused-ring (bicyclic) bond motifs is 12. The van der Waals surface area contributed by atoms with Gasteiger partial charge in [0, 0.05) is 66.7 Å². The Bertz CT molecular complexity index is 3800. The van der Waals surface area contributed by atoms with E-state index in [2.05, 4.69) is 249 Å². The van der Waals surface area contributed by atoms with Crippen molar-refractivity contribution >= 4 is 82.5 Å². The molecule has 4 nitrogen and oxygen atoms in total. The van der Waals surface area contributed by atoms with Gasteiger partial charge in [0.05, 0.1) is 39.1 Å². The van der Waals surface area contributed by atoms with Gasteiger partial charge in [-0.3, -0.25) is 0 Å². The van der Waals surface area contributed by atoms with E-state index in [1.807, 2.05) is 0 Å². The smallest absolute Gasteiger partial charge is 0.0649 e. The molecule has 3 aromatic heterocycles. The van der Waals surface area contributed by atoms with Gasteiger partial charge in [0.2, 0.25) is 0 Å². The standard InChI is InChI=1S/C60H40N4/c1-9-21-55-45(13-1)46-14-2-10-22-56(46)63(55)43-33-35-51-49-17-5-7-19-53(49)61(59(51)37-43)41-29-25-39(26-30-41)40-27-31-42(32-28-40)62-54-20-8-6-18-50(54)52-36-34-44(38-60(52)62)64-57-23-11-3-15-47(57)48-16-4-12-24-58(48)64/h1-38,51,59H. The lowest BCUT2D eigenvalue weighted by atomic mass is 9.90. The van der Waals surface area contributed by atoms with Crippen molar-refractivity contribution in [2.24, 2.45) is 0 Å². The van der Waals surface area contributed by atoms with Crippen LogP contribution >= 0.6 is 0 Å². The molecule has 0 saturated heterocycles. The number of rotatable bonds is 5. The molecule has 0 spiro atoms. The third kappa shape index (κ3) is 5.05. The molecule has 4 heteroatoms. The molecule has 0 fully saturated rings. The second-order valence-electron chi connectivity index (χ2n) is 17.3. The van der Waals surface area contributed by atoms with E-state index in [1.54, 1.807) is 0 Å². The SMILES string of the molecule is C1=CC2c3ccccc3N(c3ccc(-c4ccc(-n5c6ccccc6c6ccc(-n7c8ccccc8c8ccccc87)cc65)cc4)cc3)C2C=C1n1c2ccccc2c2ccccc21. The van der Waals surface area contributed by atoms with Crippen LogP contribution in [0.1, 0.15) is 11.5 Å². The zero-order valence-corrected chi connectivity index (χ0v) is 34.9. The number of hydrogen-bond donors (Lipinski definition) is 0. The molecule has 1 aliphatic carbocycles. The molecule has 0 bridgehead atoms. The first-order valence-electron chi connectivity index (χ1n) is 22.3. The quantitative estimate of drug-likeness (QED) is 0.169. The van der Waals surface area contributed by atoms with E-state index in [4.69, 9.17) is 0 Å². The minimum absolute atomic E-state index is 0.143. The molecule has 0 amide bonds. The molecule has 4 heterocycles. The highest BCUT2D eigenvalue weighted by Crippen LogP contribution is 2.49. The van der Waals surface area contributed by atoms with Gasteiger partial charge in [0.25, 0.3) is 0 Å². The van der Waals surface area contributed by atoms with Crippen LogP contribution in [0.25, 0.3) is 93.6 Å². The summed E-state index contributed by atoms with van der Waals surface area (Å²) in [6.45, 7) is 0. The van der Waals surface area contributed by atoms with E-state index in [9.17, 15) is 0 Å². The van der Waals surface area contributed by atoms with Crippen LogP contribution in [0, 0.1) is 0 Å². The predicted octanol–water partition coefficient (Wildman–Crippen LogP) is 15.4. The molecule has 300 valence electrons. The Morgan fingerprint density at radius 2 is 0.750 bits per heavy atom. The molecule has 2 atom stereocenters.